The highest BCUT2D eigenvalue weighted by atomic mass is 32.1. The van der Waals surface area contributed by atoms with Gasteiger partial charge in [-0.1, -0.05) is 0 Å². The van der Waals surface area contributed by atoms with E-state index in [1.807, 2.05) is 26.8 Å². The van der Waals surface area contributed by atoms with Crippen LogP contribution in [0.4, 0.5) is 11.4 Å². The fourth-order valence-corrected chi connectivity index (χ4v) is 7.59. The number of aryl methyl sites for hydroxylation is 3. The van der Waals surface area contributed by atoms with Crippen molar-refractivity contribution in [3.63, 3.8) is 0 Å². The Morgan fingerprint density at radius 3 is 2.58 bits per heavy atom. The van der Waals surface area contributed by atoms with Crippen LogP contribution in [0.25, 0.3) is 21.3 Å². The number of carbonyl (C=O) groups is 1. The highest BCUT2D eigenvalue weighted by molar-refractivity contribution is 7.76. The molecule has 3 N–H and O–H groups in total. The molecule has 4 aromatic rings. The van der Waals surface area contributed by atoms with Gasteiger partial charge in [0.1, 0.15) is 18.4 Å². The van der Waals surface area contributed by atoms with E-state index in [-0.39, 0.29) is 17.5 Å². The summed E-state index contributed by atoms with van der Waals surface area (Å²) in [5.74, 6) is -0.212. The first kappa shape index (κ1) is 24.5. The molecule has 0 aliphatic heterocycles. The number of hydrogen-bond donors (Lipinski definition) is 3. The van der Waals surface area contributed by atoms with E-state index in [0.29, 0.717) is 16.6 Å². The van der Waals surface area contributed by atoms with Crippen LogP contribution in [0.1, 0.15) is 40.2 Å². The molecule has 188 valence electrons. The summed E-state index contributed by atoms with van der Waals surface area (Å²) in [7, 11) is -0.891. The molecule has 1 saturated carbocycles. The van der Waals surface area contributed by atoms with Crippen LogP contribution < -0.4 is 20.8 Å². The van der Waals surface area contributed by atoms with Crippen molar-refractivity contribution in [2.45, 2.75) is 39.7 Å². The standard InChI is InChI=1S/C26H30N5O3PS/c1-13-9-10-27-15(3)20(13)30-21-14(2)26(35(5,6)34)36-23(21)18-12-31(4)25(33)22-17(18)11-19(29-22)24(32)28-16-7-8-16/h9-12,16,29-30H,7-8H2,1-6H3,(H,28,32). The van der Waals surface area contributed by atoms with Crippen molar-refractivity contribution in [1.29, 1.82) is 0 Å². The Morgan fingerprint density at radius 2 is 1.94 bits per heavy atom. The average molecular weight is 524 g/mol. The minimum atomic E-state index is -2.59. The Balaban J connectivity index is 1.75. The molecule has 36 heavy (non-hydrogen) atoms. The topological polar surface area (TPSA) is 109 Å². The van der Waals surface area contributed by atoms with Crippen molar-refractivity contribution in [2.24, 2.45) is 7.05 Å². The predicted molar refractivity (Wildman–Crippen MR) is 148 cm³/mol. The number of hydrogen-bond acceptors (Lipinski definition) is 6. The number of amides is 1. The van der Waals surface area contributed by atoms with Gasteiger partial charge in [0, 0.05) is 36.4 Å². The molecule has 4 heterocycles. The summed E-state index contributed by atoms with van der Waals surface area (Å²) in [6.45, 7) is 9.48. The molecule has 0 unspecified atom stereocenters. The maximum absolute atomic E-state index is 13.3. The minimum Gasteiger partial charge on any atom is -0.352 e. The fraction of sp³-hybridized carbons (Fsp3) is 0.346. The number of aromatic amines is 1. The lowest BCUT2D eigenvalue weighted by molar-refractivity contribution is 0.0947. The van der Waals surface area contributed by atoms with Crippen LogP contribution in [-0.4, -0.2) is 39.8 Å². The van der Waals surface area contributed by atoms with Gasteiger partial charge in [0.15, 0.2) is 0 Å². The van der Waals surface area contributed by atoms with Gasteiger partial charge in [-0.2, -0.15) is 0 Å². The summed E-state index contributed by atoms with van der Waals surface area (Å²) in [6, 6.07) is 3.91. The average Bonchev–Trinajstić information content (AvgIpc) is 3.38. The molecule has 1 aliphatic carbocycles. The highest BCUT2D eigenvalue weighted by Gasteiger charge is 2.28. The molecule has 8 nitrogen and oxygen atoms in total. The zero-order valence-corrected chi connectivity index (χ0v) is 23.0. The molecule has 1 aliphatic rings. The van der Waals surface area contributed by atoms with Gasteiger partial charge in [0.2, 0.25) is 0 Å². The predicted octanol–water partition coefficient (Wildman–Crippen LogP) is 4.80. The second-order valence-electron chi connectivity index (χ2n) is 9.98. The lowest BCUT2D eigenvalue weighted by Gasteiger charge is -2.15. The fourth-order valence-electron chi connectivity index (χ4n) is 4.49. The van der Waals surface area contributed by atoms with Gasteiger partial charge < -0.3 is 24.7 Å². The molecular formula is C26H30N5O3PS. The molecule has 4 aromatic heterocycles. The lowest BCUT2D eigenvalue weighted by Crippen LogP contribution is -2.25. The van der Waals surface area contributed by atoms with Gasteiger partial charge in [-0.25, -0.2) is 0 Å². The van der Waals surface area contributed by atoms with Gasteiger partial charge in [0.25, 0.3) is 11.5 Å². The number of fused-ring (bicyclic) bond motifs is 1. The van der Waals surface area contributed by atoms with E-state index in [4.69, 9.17) is 0 Å². The van der Waals surface area contributed by atoms with Crippen LogP contribution in [0.3, 0.4) is 0 Å². The molecule has 0 spiro atoms. The van der Waals surface area contributed by atoms with E-state index in [1.165, 1.54) is 15.9 Å². The molecule has 1 amide bonds. The van der Waals surface area contributed by atoms with E-state index in [2.05, 4.69) is 20.6 Å². The number of carbonyl (C=O) groups excluding carboxylic acids is 1. The third kappa shape index (κ3) is 4.31. The van der Waals surface area contributed by atoms with Gasteiger partial charge >= 0.3 is 0 Å². The van der Waals surface area contributed by atoms with E-state index < -0.39 is 7.14 Å². The maximum atomic E-state index is 13.3. The van der Waals surface area contributed by atoms with E-state index in [9.17, 15) is 14.2 Å². The molecular weight excluding hydrogens is 493 g/mol. The van der Waals surface area contributed by atoms with Crippen molar-refractivity contribution in [3.05, 3.63) is 57.4 Å². The van der Waals surface area contributed by atoms with E-state index in [0.717, 1.165) is 56.1 Å². The summed E-state index contributed by atoms with van der Waals surface area (Å²) < 4.78 is 15.6. The largest absolute Gasteiger partial charge is 0.352 e. The highest BCUT2D eigenvalue weighted by Crippen LogP contribution is 2.48. The van der Waals surface area contributed by atoms with Crippen molar-refractivity contribution in [3.8, 4) is 10.4 Å². The Bertz CT molecular complexity index is 1620. The summed E-state index contributed by atoms with van der Waals surface area (Å²) in [4.78, 5) is 34.2. The Morgan fingerprint density at radius 1 is 1.22 bits per heavy atom. The molecule has 0 saturated heterocycles. The van der Waals surface area contributed by atoms with Crippen LogP contribution in [0, 0.1) is 20.8 Å². The molecule has 5 rings (SSSR count). The summed E-state index contributed by atoms with van der Waals surface area (Å²) in [5.41, 5.74) is 5.87. The molecule has 10 heteroatoms. The number of rotatable bonds is 6. The lowest BCUT2D eigenvalue weighted by atomic mass is 10.1. The monoisotopic (exact) mass is 523 g/mol. The van der Waals surface area contributed by atoms with E-state index in [1.54, 1.807) is 38.8 Å². The minimum absolute atomic E-state index is 0.207. The zero-order chi connectivity index (χ0) is 25.9. The number of nitrogens with zero attached hydrogens (tertiary/aromatic N) is 2. The van der Waals surface area contributed by atoms with Crippen molar-refractivity contribution in [1.82, 2.24) is 19.9 Å². The summed E-state index contributed by atoms with van der Waals surface area (Å²) >= 11 is 1.47. The SMILES string of the molecule is Cc1ccnc(C)c1Nc1c(-c2cn(C)c(=O)c3[nH]c(C(=O)NC4CC4)cc23)sc(P(C)(C)=O)c1C. The van der Waals surface area contributed by atoms with Crippen molar-refractivity contribution >= 4 is 51.3 Å². The second kappa shape index (κ2) is 8.75. The molecule has 1 fully saturated rings. The molecule has 0 radical (unpaired) electrons. The molecule has 0 atom stereocenters. The number of pyridine rings is 2. The van der Waals surface area contributed by atoms with Crippen molar-refractivity contribution < 1.29 is 9.36 Å². The third-order valence-electron chi connectivity index (χ3n) is 6.58. The van der Waals surface area contributed by atoms with Gasteiger partial charge in [-0.15, -0.1) is 11.3 Å². The second-order valence-corrected chi connectivity index (χ2v) is 14.5. The third-order valence-corrected chi connectivity index (χ3v) is 10.6. The number of thiophene rings is 1. The van der Waals surface area contributed by atoms with E-state index >= 15 is 0 Å². The first-order chi connectivity index (χ1) is 17.0. The molecule has 0 aromatic carbocycles. The quantitative estimate of drug-likeness (QED) is 0.315. The van der Waals surface area contributed by atoms with Gasteiger partial charge in [0.05, 0.1) is 26.6 Å². The summed E-state index contributed by atoms with van der Waals surface area (Å²) in [6.07, 6.45) is 5.53. The molecule has 0 bridgehead atoms. The summed E-state index contributed by atoms with van der Waals surface area (Å²) in [5, 5.41) is 7.23. The zero-order valence-electron chi connectivity index (χ0n) is 21.3. The van der Waals surface area contributed by atoms with Crippen LogP contribution in [0.5, 0.6) is 0 Å². The van der Waals surface area contributed by atoms with Gasteiger partial charge in [-0.05, 0) is 70.2 Å². The smallest absolute Gasteiger partial charge is 0.274 e. The van der Waals surface area contributed by atoms with Crippen LogP contribution in [-0.2, 0) is 11.6 Å². The van der Waals surface area contributed by atoms with Crippen LogP contribution in [0.2, 0.25) is 0 Å². The Hall–Kier alpha value is -3.16. The number of anilines is 2. The normalized spacial score (nSPS) is 13.8. The number of H-pyrrole nitrogens is 1. The number of aromatic nitrogens is 3. The first-order valence-corrected chi connectivity index (χ1v) is 15.3. The van der Waals surface area contributed by atoms with Crippen LogP contribution >= 0.6 is 18.5 Å². The van der Waals surface area contributed by atoms with Crippen molar-refractivity contribution in [2.75, 3.05) is 18.6 Å². The Labute approximate surface area is 213 Å². The number of nitrogens with one attached hydrogen (secondary N) is 3. The Kier molecular flexibility index (Phi) is 5.96. The maximum Gasteiger partial charge on any atom is 0.274 e. The van der Waals surface area contributed by atoms with Crippen LogP contribution in [0.15, 0.2) is 29.3 Å². The first-order valence-electron chi connectivity index (χ1n) is 11.9. The van der Waals surface area contributed by atoms with Gasteiger partial charge in [-0.3, -0.25) is 14.6 Å².